The smallest absolute Gasteiger partial charge is 0.181 e. The maximum atomic E-state index is 13.0. The summed E-state index contributed by atoms with van der Waals surface area (Å²) >= 11 is 5.78. The molecule has 0 radical (unpaired) electrons. The molecule has 2 aromatic rings. The minimum Gasteiger partial charge on any atom is -0.398 e. The van der Waals surface area contributed by atoms with E-state index >= 15 is 0 Å². The Morgan fingerprint density at radius 2 is 2.05 bits per heavy atom. The zero-order valence-corrected chi connectivity index (χ0v) is 10.7. The van der Waals surface area contributed by atoms with E-state index in [1.165, 1.54) is 18.2 Å². The van der Waals surface area contributed by atoms with Crippen LogP contribution in [0.3, 0.4) is 0 Å². The van der Waals surface area contributed by atoms with Crippen LogP contribution in [-0.2, 0) is 0 Å². The van der Waals surface area contributed by atoms with Crippen molar-refractivity contribution in [3.05, 3.63) is 58.9 Å². The van der Waals surface area contributed by atoms with E-state index in [4.69, 9.17) is 17.3 Å². The predicted molar refractivity (Wildman–Crippen MR) is 75.1 cm³/mol. The van der Waals surface area contributed by atoms with Crippen LogP contribution in [0.5, 0.6) is 0 Å². The van der Waals surface area contributed by atoms with Gasteiger partial charge in [-0.15, -0.1) is 0 Å². The van der Waals surface area contributed by atoms with Crippen LogP contribution in [0, 0.1) is 5.82 Å². The molecule has 0 fully saturated rings. The van der Waals surface area contributed by atoms with Gasteiger partial charge >= 0.3 is 0 Å². The summed E-state index contributed by atoms with van der Waals surface area (Å²) in [6.07, 6.45) is 0. The first-order valence-electron chi connectivity index (χ1n) is 5.64. The van der Waals surface area contributed by atoms with Crippen molar-refractivity contribution < 1.29 is 9.18 Å². The Labute approximate surface area is 115 Å². The highest BCUT2D eigenvalue weighted by Gasteiger charge is 2.07. The number of hydrogen-bond acceptors (Lipinski definition) is 3. The lowest BCUT2D eigenvalue weighted by Crippen LogP contribution is -2.14. The number of benzene rings is 2. The summed E-state index contributed by atoms with van der Waals surface area (Å²) in [4.78, 5) is 11.9. The maximum absolute atomic E-state index is 13.0. The third-order valence-electron chi connectivity index (χ3n) is 2.60. The number of ketones is 1. The van der Waals surface area contributed by atoms with Crippen molar-refractivity contribution in [1.29, 1.82) is 0 Å². The monoisotopic (exact) mass is 278 g/mol. The standard InChI is InChI=1S/C14H12ClFN2O/c15-12-5-4-9(6-13(12)17)14(19)8-18-11-3-1-2-10(16)7-11/h1-7,18H,8,17H2. The number of rotatable bonds is 4. The Hall–Kier alpha value is -2.07. The summed E-state index contributed by atoms with van der Waals surface area (Å²) in [5.41, 5.74) is 7.01. The molecule has 2 rings (SSSR count). The van der Waals surface area contributed by atoms with Crippen molar-refractivity contribution in [3.8, 4) is 0 Å². The molecule has 3 nitrogen and oxygen atoms in total. The van der Waals surface area contributed by atoms with Crippen molar-refractivity contribution in [2.45, 2.75) is 0 Å². The molecule has 2 aromatic carbocycles. The van der Waals surface area contributed by atoms with Gasteiger partial charge in [0, 0.05) is 11.3 Å². The van der Waals surface area contributed by atoms with Gasteiger partial charge < -0.3 is 11.1 Å². The highest BCUT2D eigenvalue weighted by molar-refractivity contribution is 6.33. The van der Waals surface area contributed by atoms with Crippen molar-refractivity contribution in [1.82, 2.24) is 0 Å². The van der Waals surface area contributed by atoms with Crippen LogP contribution in [0.2, 0.25) is 5.02 Å². The molecule has 5 heteroatoms. The number of carbonyl (C=O) groups excluding carboxylic acids is 1. The van der Waals surface area contributed by atoms with E-state index in [9.17, 15) is 9.18 Å². The summed E-state index contributed by atoms with van der Waals surface area (Å²) in [7, 11) is 0. The van der Waals surface area contributed by atoms with Crippen LogP contribution in [0.4, 0.5) is 15.8 Å². The van der Waals surface area contributed by atoms with Crippen LogP contribution in [0.25, 0.3) is 0 Å². The molecule has 98 valence electrons. The largest absolute Gasteiger partial charge is 0.398 e. The molecule has 0 saturated heterocycles. The van der Waals surface area contributed by atoms with Gasteiger partial charge in [-0.2, -0.15) is 0 Å². The number of anilines is 2. The summed E-state index contributed by atoms with van der Waals surface area (Å²) in [5.74, 6) is -0.499. The topological polar surface area (TPSA) is 55.1 Å². The summed E-state index contributed by atoms with van der Waals surface area (Å²) in [6.45, 7) is 0.0600. The molecular weight excluding hydrogens is 267 g/mol. The van der Waals surface area contributed by atoms with E-state index in [-0.39, 0.29) is 18.1 Å². The highest BCUT2D eigenvalue weighted by atomic mass is 35.5. The average molecular weight is 279 g/mol. The number of halogens is 2. The third-order valence-corrected chi connectivity index (χ3v) is 2.94. The van der Waals surface area contributed by atoms with Crippen LogP contribution in [0.1, 0.15) is 10.4 Å². The van der Waals surface area contributed by atoms with Gasteiger partial charge in [0.15, 0.2) is 5.78 Å². The molecule has 3 N–H and O–H groups in total. The molecule has 0 atom stereocenters. The van der Waals surface area contributed by atoms with Gasteiger partial charge in [-0.05, 0) is 36.4 Å². The lowest BCUT2D eigenvalue weighted by Gasteiger charge is -2.07. The Kier molecular flexibility index (Phi) is 4.02. The van der Waals surface area contributed by atoms with Gasteiger partial charge in [-0.1, -0.05) is 17.7 Å². The number of hydrogen-bond donors (Lipinski definition) is 2. The van der Waals surface area contributed by atoms with E-state index in [2.05, 4.69) is 5.32 Å². The molecule has 0 aromatic heterocycles. The highest BCUT2D eigenvalue weighted by Crippen LogP contribution is 2.19. The molecule has 0 bridgehead atoms. The van der Waals surface area contributed by atoms with Gasteiger partial charge in [0.05, 0.1) is 17.3 Å². The minimum atomic E-state index is -0.354. The molecule has 0 aliphatic carbocycles. The fourth-order valence-corrected chi connectivity index (χ4v) is 1.72. The second kappa shape index (κ2) is 5.71. The zero-order chi connectivity index (χ0) is 13.8. The molecule has 19 heavy (non-hydrogen) atoms. The zero-order valence-electron chi connectivity index (χ0n) is 9.99. The predicted octanol–water partition coefficient (Wildman–Crippen LogP) is 3.36. The van der Waals surface area contributed by atoms with Gasteiger partial charge in [0.1, 0.15) is 5.82 Å². The fraction of sp³-hybridized carbons (Fsp3) is 0.0714. The van der Waals surface area contributed by atoms with E-state index in [1.807, 2.05) is 0 Å². The van der Waals surface area contributed by atoms with E-state index in [0.29, 0.717) is 22.0 Å². The Balaban J connectivity index is 2.03. The van der Waals surface area contributed by atoms with E-state index in [0.717, 1.165) is 0 Å². The molecule has 0 saturated carbocycles. The van der Waals surface area contributed by atoms with Crippen molar-refractivity contribution >= 4 is 28.8 Å². The molecule has 0 amide bonds. The Bertz CT molecular complexity index is 616. The van der Waals surface area contributed by atoms with Crippen LogP contribution >= 0.6 is 11.6 Å². The molecular formula is C14H12ClFN2O. The van der Waals surface area contributed by atoms with Gasteiger partial charge in [-0.25, -0.2) is 4.39 Å². The Morgan fingerprint density at radius 1 is 1.26 bits per heavy atom. The molecule has 0 aliphatic heterocycles. The second-order valence-electron chi connectivity index (χ2n) is 4.02. The summed E-state index contributed by atoms with van der Waals surface area (Å²) in [6, 6.07) is 10.6. The van der Waals surface area contributed by atoms with Crippen molar-refractivity contribution in [2.75, 3.05) is 17.6 Å². The number of nitrogens with two attached hydrogens (primary N) is 1. The van der Waals surface area contributed by atoms with Crippen molar-refractivity contribution in [2.24, 2.45) is 0 Å². The van der Waals surface area contributed by atoms with E-state index < -0.39 is 0 Å². The first-order chi connectivity index (χ1) is 9.06. The van der Waals surface area contributed by atoms with E-state index in [1.54, 1.807) is 24.3 Å². The van der Waals surface area contributed by atoms with Gasteiger partial charge in [-0.3, -0.25) is 4.79 Å². The van der Waals surface area contributed by atoms with Crippen molar-refractivity contribution in [3.63, 3.8) is 0 Å². The quantitative estimate of drug-likeness (QED) is 0.666. The summed E-state index contributed by atoms with van der Waals surface area (Å²) < 4.78 is 13.0. The van der Waals surface area contributed by atoms with Gasteiger partial charge in [0.2, 0.25) is 0 Å². The molecule has 0 heterocycles. The number of nitrogens with one attached hydrogen (secondary N) is 1. The van der Waals surface area contributed by atoms with Gasteiger partial charge in [0.25, 0.3) is 0 Å². The SMILES string of the molecule is Nc1cc(C(=O)CNc2cccc(F)c2)ccc1Cl. The summed E-state index contributed by atoms with van der Waals surface area (Å²) in [5, 5.41) is 3.27. The minimum absolute atomic E-state index is 0.0600. The third kappa shape index (κ3) is 3.45. The number of Topliss-reactive ketones (excluding diaryl/α,β-unsaturated/α-hetero) is 1. The molecule has 0 aliphatic rings. The van der Waals surface area contributed by atoms with Crippen LogP contribution < -0.4 is 11.1 Å². The lowest BCUT2D eigenvalue weighted by atomic mass is 10.1. The number of nitrogen functional groups attached to an aromatic ring is 1. The van der Waals surface area contributed by atoms with Crippen LogP contribution in [0.15, 0.2) is 42.5 Å². The number of carbonyl (C=O) groups is 1. The Morgan fingerprint density at radius 3 is 2.74 bits per heavy atom. The lowest BCUT2D eigenvalue weighted by molar-refractivity contribution is 0.101. The normalized spacial score (nSPS) is 10.2. The first kappa shape index (κ1) is 13.4. The molecule has 0 unspecified atom stereocenters. The second-order valence-corrected chi connectivity index (χ2v) is 4.43. The molecule has 0 spiro atoms. The first-order valence-corrected chi connectivity index (χ1v) is 6.02. The average Bonchev–Trinajstić information content (AvgIpc) is 2.39. The fourth-order valence-electron chi connectivity index (χ4n) is 1.60. The van der Waals surface area contributed by atoms with Crippen LogP contribution in [-0.4, -0.2) is 12.3 Å². The maximum Gasteiger partial charge on any atom is 0.181 e.